The number of alkyl halides is 3. The summed E-state index contributed by atoms with van der Waals surface area (Å²) in [4.78, 5) is 0. The molecule has 0 aliphatic heterocycles. The van der Waals surface area contributed by atoms with Gasteiger partial charge < -0.3 is 5.11 Å². The van der Waals surface area contributed by atoms with Crippen molar-refractivity contribution in [2.24, 2.45) is 0 Å². The molecule has 0 aliphatic rings. The van der Waals surface area contributed by atoms with Gasteiger partial charge in [-0.2, -0.15) is 13.2 Å². The molecule has 152 valence electrons. The molecule has 4 aromatic rings. The Bertz CT molecular complexity index is 1070. The van der Waals surface area contributed by atoms with E-state index in [0.717, 1.165) is 10.2 Å². The first-order valence-electron chi connectivity index (χ1n) is 9.29. The van der Waals surface area contributed by atoms with E-state index in [4.69, 9.17) is 0 Å². The maximum Gasteiger partial charge on any atom is 0.437 e. The molecular weight excluding hydrogens is 391 g/mol. The second-order valence-corrected chi connectivity index (χ2v) is 6.87. The van der Waals surface area contributed by atoms with Gasteiger partial charge in [0.15, 0.2) is 11.3 Å². The van der Waals surface area contributed by atoms with Crippen LogP contribution in [0.5, 0.6) is 0 Å². The highest BCUT2D eigenvalue weighted by atomic mass is 19.4. The minimum atomic E-state index is -4.79. The van der Waals surface area contributed by atoms with Crippen LogP contribution < -0.4 is 0 Å². The van der Waals surface area contributed by atoms with Crippen molar-refractivity contribution in [1.29, 1.82) is 0 Å². The van der Waals surface area contributed by atoms with Crippen molar-refractivity contribution in [3.05, 3.63) is 119 Å². The van der Waals surface area contributed by atoms with Crippen molar-refractivity contribution in [2.75, 3.05) is 0 Å². The Labute approximate surface area is 171 Å². The zero-order chi connectivity index (χ0) is 21.2. The van der Waals surface area contributed by atoms with Crippen LogP contribution >= 0.6 is 0 Å². The molecule has 1 heterocycles. The van der Waals surface area contributed by atoms with Crippen LogP contribution in [0.4, 0.5) is 13.2 Å². The van der Waals surface area contributed by atoms with E-state index < -0.39 is 23.2 Å². The van der Waals surface area contributed by atoms with Crippen molar-refractivity contribution in [3.8, 4) is 0 Å². The summed E-state index contributed by atoms with van der Waals surface area (Å²) in [6.45, 7) is 0.0290. The summed E-state index contributed by atoms with van der Waals surface area (Å²) in [6, 6.07) is 25.5. The highest BCUT2D eigenvalue weighted by Crippen LogP contribution is 2.42. The molecule has 3 aromatic carbocycles. The van der Waals surface area contributed by atoms with Crippen LogP contribution in [0.2, 0.25) is 0 Å². The molecule has 0 radical (unpaired) electrons. The molecule has 4 nitrogen and oxygen atoms in total. The normalized spacial score (nSPS) is 12.1. The monoisotopic (exact) mass is 409 g/mol. The largest absolute Gasteiger partial charge is 0.437 e. The van der Waals surface area contributed by atoms with Gasteiger partial charge >= 0.3 is 6.18 Å². The lowest BCUT2D eigenvalue weighted by Gasteiger charge is -2.31. The highest BCUT2D eigenvalue weighted by Gasteiger charge is 2.48. The molecule has 7 heteroatoms. The molecule has 4 rings (SSSR count). The summed E-state index contributed by atoms with van der Waals surface area (Å²) in [5.74, 6) is 0. The first-order valence-corrected chi connectivity index (χ1v) is 9.29. The van der Waals surface area contributed by atoms with E-state index in [1.165, 1.54) is 0 Å². The summed E-state index contributed by atoms with van der Waals surface area (Å²) in [6.07, 6.45) is -4.79. The van der Waals surface area contributed by atoms with Gasteiger partial charge in [-0.15, -0.1) is 5.10 Å². The van der Waals surface area contributed by atoms with Gasteiger partial charge in [0.1, 0.15) is 5.69 Å². The molecular formula is C23H18F3N3O. The second-order valence-electron chi connectivity index (χ2n) is 6.87. The van der Waals surface area contributed by atoms with Crippen molar-refractivity contribution in [2.45, 2.75) is 18.3 Å². The van der Waals surface area contributed by atoms with Crippen LogP contribution in [0.15, 0.2) is 91.0 Å². The average molecular weight is 409 g/mol. The number of halogens is 3. The molecule has 0 atom stereocenters. The lowest BCUT2D eigenvalue weighted by atomic mass is 9.82. The van der Waals surface area contributed by atoms with Crippen molar-refractivity contribution in [3.63, 3.8) is 0 Å². The SMILES string of the molecule is OC(c1ccccc1)(c1ccccc1)c1c(C(F)(F)F)nnn1Cc1ccccc1. The number of nitrogens with zero attached hydrogens (tertiary/aromatic N) is 3. The standard InChI is InChI=1S/C23H18F3N3O/c24-23(25,26)20-21(29(28-27-20)16-17-10-4-1-5-11-17)22(30,18-12-6-2-7-13-18)19-14-8-3-9-15-19/h1-15,30H,16H2. The third-order valence-electron chi connectivity index (χ3n) is 4.90. The first kappa shape index (κ1) is 19.8. The van der Waals surface area contributed by atoms with Crippen LogP contribution in [-0.4, -0.2) is 20.1 Å². The highest BCUT2D eigenvalue weighted by molar-refractivity contribution is 5.46. The fraction of sp³-hybridized carbons (Fsp3) is 0.130. The van der Waals surface area contributed by atoms with Crippen molar-refractivity contribution in [1.82, 2.24) is 15.0 Å². The predicted octanol–water partition coefficient (Wildman–Crippen LogP) is 4.63. The van der Waals surface area contributed by atoms with Crippen LogP contribution in [-0.2, 0) is 18.3 Å². The lowest BCUT2D eigenvalue weighted by Crippen LogP contribution is -2.34. The second kappa shape index (κ2) is 7.76. The lowest BCUT2D eigenvalue weighted by molar-refractivity contribution is -0.143. The molecule has 0 fully saturated rings. The molecule has 0 saturated carbocycles. The fourth-order valence-electron chi connectivity index (χ4n) is 3.53. The third-order valence-corrected chi connectivity index (χ3v) is 4.90. The Morgan fingerprint density at radius 1 is 0.733 bits per heavy atom. The maximum absolute atomic E-state index is 13.9. The number of aliphatic hydroxyl groups is 1. The molecule has 0 bridgehead atoms. The number of hydrogen-bond acceptors (Lipinski definition) is 3. The summed E-state index contributed by atoms with van der Waals surface area (Å²) >= 11 is 0. The van der Waals surface area contributed by atoms with E-state index in [2.05, 4.69) is 10.3 Å². The van der Waals surface area contributed by atoms with Crippen molar-refractivity contribution < 1.29 is 18.3 Å². The predicted molar refractivity (Wildman–Crippen MR) is 106 cm³/mol. The summed E-state index contributed by atoms with van der Waals surface area (Å²) < 4.78 is 42.9. The van der Waals surface area contributed by atoms with Crippen LogP contribution in [0, 0.1) is 0 Å². The summed E-state index contributed by atoms with van der Waals surface area (Å²) in [5, 5.41) is 19.1. The van der Waals surface area contributed by atoms with E-state index in [-0.39, 0.29) is 6.54 Å². The summed E-state index contributed by atoms with van der Waals surface area (Å²) in [5.41, 5.74) is -2.42. The smallest absolute Gasteiger partial charge is 0.374 e. The minimum absolute atomic E-state index is 0.0290. The van der Waals surface area contributed by atoms with Gasteiger partial charge in [0.05, 0.1) is 6.54 Å². The molecule has 0 amide bonds. The quantitative estimate of drug-likeness (QED) is 0.523. The Hall–Kier alpha value is -3.45. The molecule has 0 saturated heterocycles. The molecule has 1 aromatic heterocycles. The van der Waals surface area contributed by atoms with Gasteiger partial charge in [-0.3, -0.25) is 0 Å². The Morgan fingerprint density at radius 3 is 1.67 bits per heavy atom. The van der Waals surface area contributed by atoms with E-state index in [0.29, 0.717) is 11.1 Å². The van der Waals surface area contributed by atoms with Crippen LogP contribution in [0.3, 0.4) is 0 Å². The zero-order valence-electron chi connectivity index (χ0n) is 15.8. The molecule has 30 heavy (non-hydrogen) atoms. The fourth-order valence-corrected chi connectivity index (χ4v) is 3.53. The molecule has 0 aliphatic carbocycles. The van der Waals surface area contributed by atoms with Crippen LogP contribution in [0.25, 0.3) is 0 Å². The number of hydrogen-bond donors (Lipinski definition) is 1. The molecule has 1 N–H and O–H groups in total. The van der Waals surface area contributed by atoms with E-state index in [1.807, 2.05) is 6.07 Å². The van der Waals surface area contributed by atoms with Crippen LogP contribution in [0.1, 0.15) is 28.1 Å². The minimum Gasteiger partial charge on any atom is -0.374 e. The zero-order valence-corrected chi connectivity index (χ0v) is 15.8. The molecule has 0 unspecified atom stereocenters. The number of rotatable bonds is 5. The van der Waals surface area contributed by atoms with Gasteiger partial charge in [0, 0.05) is 0 Å². The first-order chi connectivity index (χ1) is 14.4. The van der Waals surface area contributed by atoms with E-state index >= 15 is 0 Å². The number of aromatic nitrogens is 3. The Morgan fingerprint density at radius 2 is 1.20 bits per heavy atom. The van der Waals surface area contributed by atoms with Gasteiger partial charge in [0.2, 0.25) is 0 Å². The maximum atomic E-state index is 13.9. The van der Waals surface area contributed by atoms with Gasteiger partial charge in [-0.05, 0) is 16.7 Å². The van der Waals surface area contributed by atoms with E-state index in [9.17, 15) is 18.3 Å². The summed E-state index contributed by atoms with van der Waals surface area (Å²) in [7, 11) is 0. The van der Waals surface area contributed by atoms with E-state index in [1.54, 1.807) is 84.9 Å². The topological polar surface area (TPSA) is 50.9 Å². The third kappa shape index (κ3) is 3.59. The van der Waals surface area contributed by atoms with Crippen molar-refractivity contribution >= 4 is 0 Å². The number of benzene rings is 3. The average Bonchev–Trinajstić information content (AvgIpc) is 3.20. The van der Waals surface area contributed by atoms with Gasteiger partial charge in [-0.25, -0.2) is 4.68 Å². The molecule has 0 spiro atoms. The van der Waals surface area contributed by atoms with Gasteiger partial charge in [0.25, 0.3) is 0 Å². The van der Waals surface area contributed by atoms with Gasteiger partial charge in [-0.1, -0.05) is 96.2 Å². The Kier molecular flexibility index (Phi) is 5.13. The Balaban J connectivity index is 2.00.